The summed E-state index contributed by atoms with van der Waals surface area (Å²) < 4.78 is 1.77. The van der Waals surface area contributed by atoms with Crippen LogP contribution in [0.4, 0.5) is 11.6 Å². The van der Waals surface area contributed by atoms with Gasteiger partial charge in [-0.2, -0.15) is 4.52 Å². The second kappa shape index (κ2) is 7.55. The van der Waals surface area contributed by atoms with Crippen LogP contribution in [-0.4, -0.2) is 49.4 Å². The molecule has 2 aliphatic heterocycles. The minimum atomic E-state index is 0.788. The van der Waals surface area contributed by atoms with E-state index < -0.39 is 0 Å². The van der Waals surface area contributed by atoms with Crippen molar-refractivity contribution in [3.8, 4) is 11.1 Å². The third-order valence-electron chi connectivity index (χ3n) is 6.82. The molecule has 0 unspecified atom stereocenters. The maximum atomic E-state index is 4.80. The highest BCUT2D eigenvalue weighted by Gasteiger charge is 2.23. The van der Waals surface area contributed by atoms with Crippen molar-refractivity contribution in [2.24, 2.45) is 0 Å². The molecule has 0 atom stereocenters. The fourth-order valence-corrected chi connectivity index (χ4v) is 4.82. The SMILES string of the molecule is Cc1c(N2CCc3ncc(-c4ccc(N5CCCC5)nc4)cc3C2)nn2cnnc2c1C. The van der Waals surface area contributed by atoms with Crippen molar-refractivity contribution in [3.63, 3.8) is 0 Å². The van der Waals surface area contributed by atoms with E-state index in [0.29, 0.717) is 0 Å². The van der Waals surface area contributed by atoms with Gasteiger partial charge in [0.1, 0.15) is 12.1 Å². The summed E-state index contributed by atoms with van der Waals surface area (Å²) in [5, 5.41) is 13.0. The Balaban J connectivity index is 1.29. The van der Waals surface area contributed by atoms with Gasteiger partial charge in [-0.3, -0.25) is 4.98 Å². The number of aromatic nitrogens is 6. The molecule has 162 valence electrons. The lowest BCUT2D eigenvalue weighted by molar-refractivity contribution is 0.688. The van der Waals surface area contributed by atoms with E-state index in [1.54, 1.807) is 10.8 Å². The van der Waals surface area contributed by atoms with E-state index in [9.17, 15) is 0 Å². The van der Waals surface area contributed by atoms with E-state index in [0.717, 1.165) is 72.1 Å². The van der Waals surface area contributed by atoms with Gasteiger partial charge in [0.15, 0.2) is 11.5 Å². The first-order chi connectivity index (χ1) is 15.7. The summed E-state index contributed by atoms with van der Waals surface area (Å²) in [5.41, 5.74) is 7.73. The molecule has 0 N–H and O–H groups in total. The summed E-state index contributed by atoms with van der Waals surface area (Å²) in [7, 11) is 0. The highest BCUT2D eigenvalue weighted by Crippen LogP contribution is 2.30. The van der Waals surface area contributed by atoms with Crippen LogP contribution in [0.1, 0.15) is 35.2 Å². The zero-order valence-electron chi connectivity index (χ0n) is 18.5. The summed E-state index contributed by atoms with van der Waals surface area (Å²) in [6.45, 7) is 8.10. The van der Waals surface area contributed by atoms with Crippen molar-refractivity contribution in [3.05, 3.63) is 59.3 Å². The van der Waals surface area contributed by atoms with E-state index in [1.807, 2.05) is 12.4 Å². The van der Waals surface area contributed by atoms with Crippen LogP contribution in [0, 0.1) is 13.8 Å². The van der Waals surface area contributed by atoms with Gasteiger partial charge in [-0.15, -0.1) is 15.3 Å². The molecule has 2 aliphatic rings. The first-order valence-corrected chi connectivity index (χ1v) is 11.3. The monoisotopic (exact) mass is 426 g/mol. The molecule has 0 bridgehead atoms. The summed E-state index contributed by atoms with van der Waals surface area (Å²) in [5.74, 6) is 2.06. The van der Waals surface area contributed by atoms with Crippen molar-refractivity contribution in [2.75, 3.05) is 29.4 Å². The van der Waals surface area contributed by atoms with Gasteiger partial charge in [0.25, 0.3) is 0 Å². The lowest BCUT2D eigenvalue weighted by atomic mass is 10.0. The molecule has 6 heterocycles. The molecule has 6 rings (SSSR count). The van der Waals surface area contributed by atoms with Gasteiger partial charge >= 0.3 is 0 Å². The predicted molar refractivity (Wildman–Crippen MR) is 124 cm³/mol. The van der Waals surface area contributed by atoms with Gasteiger partial charge < -0.3 is 9.80 Å². The lowest BCUT2D eigenvalue weighted by Gasteiger charge is -2.30. The molecule has 0 radical (unpaired) electrons. The Morgan fingerprint density at radius 1 is 0.875 bits per heavy atom. The van der Waals surface area contributed by atoms with E-state index >= 15 is 0 Å². The molecule has 8 heteroatoms. The number of aryl methyl sites for hydroxylation is 1. The molecule has 4 aromatic rings. The number of rotatable bonds is 3. The highest BCUT2D eigenvalue weighted by atomic mass is 15.4. The molecule has 1 fully saturated rings. The number of hydrogen-bond acceptors (Lipinski definition) is 7. The van der Waals surface area contributed by atoms with Gasteiger partial charge in [0, 0.05) is 72.9 Å². The second-order valence-corrected chi connectivity index (χ2v) is 8.77. The van der Waals surface area contributed by atoms with Crippen LogP contribution in [0.5, 0.6) is 0 Å². The molecule has 0 amide bonds. The summed E-state index contributed by atoms with van der Waals surface area (Å²) >= 11 is 0. The van der Waals surface area contributed by atoms with E-state index in [-0.39, 0.29) is 0 Å². The number of fused-ring (bicyclic) bond motifs is 2. The van der Waals surface area contributed by atoms with Crippen LogP contribution in [0.3, 0.4) is 0 Å². The molecule has 4 aromatic heterocycles. The van der Waals surface area contributed by atoms with E-state index in [4.69, 9.17) is 15.1 Å². The van der Waals surface area contributed by atoms with Crippen molar-refractivity contribution in [1.29, 1.82) is 0 Å². The Kier molecular flexibility index (Phi) is 4.52. The molecule has 1 saturated heterocycles. The Hall–Kier alpha value is -3.55. The molecule has 0 aromatic carbocycles. The minimum Gasteiger partial charge on any atom is -0.357 e. The Bertz CT molecular complexity index is 1290. The number of pyridine rings is 2. The van der Waals surface area contributed by atoms with Crippen molar-refractivity contribution < 1.29 is 0 Å². The van der Waals surface area contributed by atoms with Crippen LogP contribution >= 0.6 is 0 Å². The van der Waals surface area contributed by atoms with Crippen LogP contribution < -0.4 is 9.80 Å². The largest absolute Gasteiger partial charge is 0.357 e. The Labute approximate surface area is 186 Å². The molecule has 32 heavy (non-hydrogen) atoms. The predicted octanol–water partition coefficient (Wildman–Crippen LogP) is 3.36. The first kappa shape index (κ1) is 19.2. The maximum Gasteiger partial charge on any atom is 0.180 e. The fourth-order valence-electron chi connectivity index (χ4n) is 4.82. The fraction of sp³-hybridized carbons (Fsp3) is 0.375. The number of anilines is 2. The van der Waals surface area contributed by atoms with Crippen molar-refractivity contribution in [2.45, 2.75) is 39.7 Å². The van der Waals surface area contributed by atoms with Gasteiger partial charge in [0.2, 0.25) is 0 Å². The second-order valence-electron chi connectivity index (χ2n) is 8.77. The molecular formula is C24H26N8. The van der Waals surface area contributed by atoms with Crippen LogP contribution in [-0.2, 0) is 13.0 Å². The third kappa shape index (κ3) is 3.18. The third-order valence-corrected chi connectivity index (χ3v) is 6.82. The first-order valence-electron chi connectivity index (χ1n) is 11.3. The van der Waals surface area contributed by atoms with E-state index in [2.05, 4.69) is 52.0 Å². The van der Waals surface area contributed by atoms with Crippen molar-refractivity contribution in [1.82, 2.24) is 29.8 Å². The average molecular weight is 427 g/mol. The average Bonchev–Trinajstić information content (AvgIpc) is 3.53. The topological polar surface area (TPSA) is 75.3 Å². The normalized spacial score (nSPS) is 16.1. The summed E-state index contributed by atoms with van der Waals surface area (Å²) in [6, 6.07) is 6.57. The molecule has 8 nitrogen and oxygen atoms in total. The smallest absolute Gasteiger partial charge is 0.180 e. The van der Waals surface area contributed by atoms with E-state index in [1.165, 1.54) is 24.1 Å². The Morgan fingerprint density at radius 2 is 1.72 bits per heavy atom. The summed E-state index contributed by atoms with van der Waals surface area (Å²) in [6.07, 6.45) is 9.05. The van der Waals surface area contributed by atoms with Crippen LogP contribution in [0.2, 0.25) is 0 Å². The molecule has 0 aliphatic carbocycles. The van der Waals surface area contributed by atoms with Gasteiger partial charge in [0.05, 0.1) is 0 Å². The highest BCUT2D eigenvalue weighted by molar-refractivity contribution is 5.65. The lowest BCUT2D eigenvalue weighted by Crippen LogP contribution is -2.32. The minimum absolute atomic E-state index is 0.788. The molecule has 0 saturated carbocycles. The Morgan fingerprint density at radius 3 is 2.53 bits per heavy atom. The molecule has 0 spiro atoms. The quantitative estimate of drug-likeness (QED) is 0.497. The zero-order chi connectivity index (χ0) is 21.7. The number of nitrogens with zero attached hydrogens (tertiary/aromatic N) is 8. The van der Waals surface area contributed by atoms with Crippen LogP contribution in [0.25, 0.3) is 16.8 Å². The molecular weight excluding hydrogens is 400 g/mol. The summed E-state index contributed by atoms with van der Waals surface area (Å²) in [4.78, 5) is 14.2. The zero-order valence-corrected chi connectivity index (χ0v) is 18.5. The van der Waals surface area contributed by atoms with Crippen LogP contribution in [0.15, 0.2) is 36.9 Å². The standard InChI is InChI=1S/C24H26N8/c1-16-17(2)24(29-32-15-27-28-23(16)32)31-10-7-21-20(14-31)11-19(13-25-21)18-5-6-22(26-12-18)30-8-3-4-9-30/h5-6,11-13,15H,3-4,7-10,14H2,1-2H3. The van der Waals surface area contributed by atoms with Gasteiger partial charge in [-0.05, 0) is 50.5 Å². The maximum absolute atomic E-state index is 4.80. The van der Waals surface area contributed by atoms with Crippen molar-refractivity contribution >= 4 is 17.3 Å². The van der Waals surface area contributed by atoms with Gasteiger partial charge in [-0.25, -0.2) is 4.98 Å². The number of hydrogen-bond donors (Lipinski definition) is 0. The van der Waals surface area contributed by atoms with Gasteiger partial charge in [-0.1, -0.05) is 0 Å².